The van der Waals surface area contributed by atoms with Crippen LogP contribution in [0, 0.1) is 0 Å². The second-order valence-electron chi connectivity index (χ2n) is 5.67. The number of amides is 2. The molecular formula is C12H24N3O4S+. The maximum Gasteiger partial charge on any atom is 0.240 e. The summed E-state index contributed by atoms with van der Waals surface area (Å²) in [7, 11) is 5.75. The third-order valence-electron chi connectivity index (χ3n) is 2.29. The lowest BCUT2D eigenvalue weighted by Gasteiger charge is -2.26. The van der Waals surface area contributed by atoms with Gasteiger partial charge < -0.3 is 20.6 Å². The summed E-state index contributed by atoms with van der Waals surface area (Å²) in [4.78, 5) is 33.7. The Morgan fingerprint density at radius 1 is 1.30 bits per heavy atom. The predicted molar refractivity (Wildman–Crippen MR) is 77.8 cm³/mol. The van der Waals surface area contributed by atoms with Gasteiger partial charge in [0, 0.05) is 19.1 Å². The van der Waals surface area contributed by atoms with Crippen molar-refractivity contribution >= 4 is 28.7 Å². The molecule has 0 bridgehead atoms. The van der Waals surface area contributed by atoms with Crippen LogP contribution in [-0.2, 0) is 14.4 Å². The maximum absolute atomic E-state index is 11.7. The van der Waals surface area contributed by atoms with E-state index in [-0.39, 0.29) is 23.2 Å². The number of primary amides is 1. The van der Waals surface area contributed by atoms with Crippen molar-refractivity contribution < 1.29 is 24.0 Å². The van der Waals surface area contributed by atoms with Crippen LogP contribution >= 0.6 is 11.8 Å². The minimum Gasteiger partial charge on any atom is -0.387 e. The largest absolute Gasteiger partial charge is 0.387 e. The van der Waals surface area contributed by atoms with Crippen LogP contribution in [0.1, 0.15) is 13.3 Å². The molecule has 0 aliphatic heterocycles. The molecule has 20 heavy (non-hydrogen) atoms. The molecule has 0 aliphatic carbocycles. The number of hydrogen-bond donors (Lipinski definition) is 3. The first-order valence-electron chi connectivity index (χ1n) is 6.22. The van der Waals surface area contributed by atoms with Crippen molar-refractivity contribution in [2.24, 2.45) is 5.73 Å². The molecule has 0 aromatic carbocycles. The lowest BCUT2D eigenvalue weighted by atomic mass is 10.2. The van der Waals surface area contributed by atoms with Gasteiger partial charge in [0.2, 0.25) is 11.8 Å². The molecule has 8 heteroatoms. The zero-order valence-electron chi connectivity index (χ0n) is 12.4. The molecule has 1 unspecified atom stereocenters. The molecule has 2 atom stereocenters. The zero-order chi connectivity index (χ0) is 15.9. The number of thioether (sulfide) groups is 1. The van der Waals surface area contributed by atoms with E-state index in [2.05, 4.69) is 5.32 Å². The van der Waals surface area contributed by atoms with Crippen molar-refractivity contribution in [1.29, 1.82) is 0 Å². The molecule has 7 nitrogen and oxygen atoms in total. The van der Waals surface area contributed by atoms with E-state index in [0.29, 0.717) is 11.0 Å². The summed E-state index contributed by atoms with van der Waals surface area (Å²) in [6.45, 7) is 1.73. The highest BCUT2D eigenvalue weighted by atomic mass is 32.2. The number of hydrogen-bond acceptors (Lipinski definition) is 5. The number of nitrogens with zero attached hydrogens (tertiary/aromatic N) is 1. The molecule has 0 spiro atoms. The van der Waals surface area contributed by atoms with E-state index < -0.39 is 18.1 Å². The van der Waals surface area contributed by atoms with Crippen LogP contribution in [0.3, 0.4) is 0 Å². The van der Waals surface area contributed by atoms with Crippen LogP contribution in [0.25, 0.3) is 0 Å². The first kappa shape index (κ1) is 18.9. The molecule has 116 valence electrons. The fourth-order valence-electron chi connectivity index (χ4n) is 1.56. The van der Waals surface area contributed by atoms with Gasteiger partial charge in [-0.1, -0.05) is 11.8 Å². The highest BCUT2D eigenvalue weighted by molar-refractivity contribution is 8.13. The summed E-state index contributed by atoms with van der Waals surface area (Å²) in [6.07, 6.45) is -0.728. The van der Waals surface area contributed by atoms with E-state index in [9.17, 15) is 19.5 Å². The number of carbonyl (C=O) groups is 3. The molecule has 0 radical (unpaired) electrons. The van der Waals surface area contributed by atoms with Crippen LogP contribution in [-0.4, -0.2) is 72.1 Å². The molecule has 0 fully saturated rings. The van der Waals surface area contributed by atoms with Gasteiger partial charge in [-0.15, -0.1) is 0 Å². The summed E-state index contributed by atoms with van der Waals surface area (Å²) < 4.78 is 0.551. The fourth-order valence-corrected chi connectivity index (χ4v) is 2.48. The van der Waals surface area contributed by atoms with Gasteiger partial charge in [-0.2, -0.15) is 0 Å². The number of aliphatic hydroxyl groups is 1. The summed E-state index contributed by atoms with van der Waals surface area (Å²) in [5.41, 5.74) is 5.13. The van der Waals surface area contributed by atoms with Crippen molar-refractivity contribution in [3.05, 3.63) is 0 Å². The molecule has 0 heterocycles. The van der Waals surface area contributed by atoms with Crippen LogP contribution in [0.5, 0.6) is 0 Å². The van der Waals surface area contributed by atoms with Gasteiger partial charge in [0.15, 0.2) is 5.12 Å². The highest BCUT2D eigenvalue weighted by Crippen LogP contribution is 2.11. The van der Waals surface area contributed by atoms with Gasteiger partial charge in [-0.05, 0) is 0 Å². The maximum atomic E-state index is 11.7. The Morgan fingerprint density at radius 2 is 1.85 bits per heavy atom. The van der Waals surface area contributed by atoms with Crippen molar-refractivity contribution in [3.63, 3.8) is 0 Å². The normalized spacial score (nSPS) is 14.4. The number of nitrogens with two attached hydrogens (primary N) is 1. The Kier molecular flexibility index (Phi) is 7.77. The van der Waals surface area contributed by atoms with Gasteiger partial charge >= 0.3 is 0 Å². The SMILES string of the molecule is CC(=O)NC(CSC(=O)C[C@@H](O)C[N+](C)(C)C)C(N)=O. The van der Waals surface area contributed by atoms with E-state index in [4.69, 9.17) is 5.73 Å². The van der Waals surface area contributed by atoms with Crippen LogP contribution < -0.4 is 11.1 Å². The van der Waals surface area contributed by atoms with Crippen molar-refractivity contribution in [2.45, 2.75) is 25.5 Å². The molecular weight excluding hydrogens is 282 g/mol. The average molecular weight is 306 g/mol. The second-order valence-corrected chi connectivity index (χ2v) is 6.75. The molecule has 0 rings (SSSR count). The molecule has 0 aliphatic rings. The van der Waals surface area contributed by atoms with Crippen LogP contribution in [0.15, 0.2) is 0 Å². The summed E-state index contributed by atoms with van der Waals surface area (Å²) in [5, 5.41) is 11.9. The number of quaternary nitrogens is 1. The fraction of sp³-hybridized carbons (Fsp3) is 0.750. The quantitative estimate of drug-likeness (QED) is 0.483. The second kappa shape index (κ2) is 8.23. The van der Waals surface area contributed by atoms with Gasteiger partial charge in [0.25, 0.3) is 0 Å². The Morgan fingerprint density at radius 3 is 2.25 bits per heavy atom. The number of rotatable bonds is 8. The van der Waals surface area contributed by atoms with E-state index in [0.717, 1.165) is 11.8 Å². The van der Waals surface area contributed by atoms with Crippen molar-refractivity contribution in [2.75, 3.05) is 33.4 Å². The smallest absolute Gasteiger partial charge is 0.240 e. The Bertz CT molecular complexity index is 368. The van der Waals surface area contributed by atoms with Gasteiger partial charge in [-0.3, -0.25) is 14.4 Å². The number of aliphatic hydroxyl groups excluding tert-OH is 1. The van der Waals surface area contributed by atoms with Gasteiger partial charge in [0.05, 0.1) is 21.1 Å². The van der Waals surface area contributed by atoms with E-state index in [1.165, 1.54) is 6.92 Å². The minimum atomic E-state index is -0.878. The first-order chi connectivity index (χ1) is 9.01. The minimum absolute atomic E-state index is 0.00569. The highest BCUT2D eigenvalue weighted by Gasteiger charge is 2.22. The number of carbonyl (C=O) groups excluding carboxylic acids is 3. The lowest BCUT2D eigenvalue weighted by molar-refractivity contribution is -0.873. The molecule has 0 saturated heterocycles. The first-order valence-corrected chi connectivity index (χ1v) is 7.20. The Hall–Kier alpha value is -1.12. The predicted octanol–water partition coefficient (Wildman–Crippen LogP) is -1.31. The van der Waals surface area contributed by atoms with Crippen LogP contribution in [0.2, 0.25) is 0 Å². The average Bonchev–Trinajstić information content (AvgIpc) is 2.20. The molecule has 4 N–H and O–H groups in total. The molecule has 2 amide bonds. The molecule has 0 saturated carbocycles. The van der Waals surface area contributed by atoms with Crippen LogP contribution in [0.4, 0.5) is 0 Å². The third kappa shape index (κ3) is 9.76. The standard InChI is InChI=1S/C12H23N3O4S/c1-8(16)14-10(12(13)19)7-20-11(18)5-9(17)6-15(2,3)4/h9-10,17H,5-7H2,1-4H3,(H2-,13,14,16,19)/p+1/t9-,10?/m1/s1. The number of nitrogens with one attached hydrogen (secondary N) is 1. The summed E-state index contributed by atoms with van der Waals surface area (Å²) in [6, 6.07) is -0.878. The van der Waals surface area contributed by atoms with Crippen molar-refractivity contribution in [3.8, 4) is 0 Å². The Balaban J connectivity index is 4.20. The van der Waals surface area contributed by atoms with Gasteiger partial charge in [-0.25, -0.2) is 0 Å². The molecule has 0 aromatic rings. The zero-order valence-corrected chi connectivity index (χ0v) is 13.2. The van der Waals surface area contributed by atoms with E-state index in [1.54, 1.807) is 0 Å². The Labute approximate surface area is 123 Å². The van der Waals surface area contributed by atoms with E-state index in [1.807, 2.05) is 21.1 Å². The third-order valence-corrected chi connectivity index (χ3v) is 3.28. The monoisotopic (exact) mass is 306 g/mol. The summed E-state index contributed by atoms with van der Waals surface area (Å²) in [5.74, 6) is -0.996. The van der Waals surface area contributed by atoms with Gasteiger partial charge in [0.1, 0.15) is 18.7 Å². The number of likely N-dealkylation sites (N-methyl/N-ethyl adjacent to an activating group) is 1. The molecule has 0 aromatic heterocycles. The van der Waals surface area contributed by atoms with Crippen molar-refractivity contribution in [1.82, 2.24) is 5.32 Å². The summed E-state index contributed by atoms with van der Waals surface area (Å²) >= 11 is 0.888. The lowest BCUT2D eigenvalue weighted by Crippen LogP contribution is -2.45. The topological polar surface area (TPSA) is 109 Å². The van der Waals surface area contributed by atoms with E-state index >= 15 is 0 Å².